The van der Waals surface area contributed by atoms with Gasteiger partial charge in [0.1, 0.15) is 27.3 Å². The Hall–Kier alpha value is -4.49. The summed E-state index contributed by atoms with van der Waals surface area (Å²) in [6.45, 7) is -0.0194. The normalized spacial score (nSPS) is 13.8. The van der Waals surface area contributed by atoms with E-state index < -0.39 is 29.4 Å². The Balaban J connectivity index is 1.49. The Morgan fingerprint density at radius 2 is 1.64 bits per heavy atom. The predicted molar refractivity (Wildman–Crippen MR) is 158 cm³/mol. The lowest BCUT2D eigenvalue weighted by molar-refractivity contribution is -0.122. The number of ether oxygens (including phenoxy) is 3. The highest BCUT2D eigenvalue weighted by molar-refractivity contribution is 8.26. The van der Waals surface area contributed by atoms with Crippen LogP contribution in [0.25, 0.3) is 17.2 Å². The Bertz CT molecular complexity index is 1600. The minimum absolute atomic E-state index is 0.0194. The fourth-order valence-electron chi connectivity index (χ4n) is 4.12. The van der Waals surface area contributed by atoms with Crippen molar-refractivity contribution < 1.29 is 42.5 Å². The van der Waals surface area contributed by atoms with Gasteiger partial charge in [-0.05, 0) is 53.6 Å². The van der Waals surface area contributed by atoms with Crippen molar-refractivity contribution in [2.75, 3.05) is 33.2 Å². The van der Waals surface area contributed by atoms with Gasteiger partial charge in [0.25, 0.3) is 5.91 Å². The molecule has 1 aliphatic heterocycles. The third-order valence-electron chi connectivity index (χ3n) is 6.21. The molecule has 42 heavy (non-hydrogen) atoms. The number of hydrogen-bond acceptors (Lipinski definition) is 8. The van der Waals surface area contributed by atoms with E-state index >= 15 is 0 Å². The summed E-state index contributed by atoms with van der Waals surface area (Å²) >= 11 is 6.45. The molecule has 0 atom stereocenters. The van der Waals surface area contributed by atoms with Gasteiger partial charge in [-0.1, -0.05) is 36.1 Å². The summed E-state index contributed by atoms with van der Waals surface area (Å²) in [5, 5.41) is 11.9. The van der Waals surface area contributed by atoms with Crippen LogP contribution in [0, 0.1) is 11.6 Å². The highest BCUT2D eigenvalue weighted by Gasteiger charge is 2.32. The molecule has 1 fully saturated rings. The molecule has 13 heteroatoms. The largest absolute Gasteiger partial charge is 0.496 e. The summed E-state index contributed by atoms with van der Waals surface area (Å²) in [5.74, 6) is -3.43. The standard InChI is InChI=1S/C29H24F2N2O7S2/c1-38-21-7-4-15(10-18(21)16-5-6-19(30)20(31)12-16)11-24-27(35)33(29(41)42-24)9-8-25(34)32-26-22(39-2)13-17(28(36)37)14-23(26)40-3/h4-7,10-14H,8-9H2,1-3H3,(H,32,34)(H,36,37). The van der Waals surface area contributed by atoms with Crippen LogP contribution in [0.3, 0.4) is 0 Å². The number of amides is 2. The molecule has 218 valence electrons. The third kappa shape index (κ3) is 6.52. The molecule has 0 aromatic heterocycles. The summed E-state index contributed by atoms with van der Waals surface area (Å²) < 4.78 is 43.4. The smallest absolute Gasteiger partial charge is 0.335 e. The molecule has 0 spiro atoms. The minimum atomic E-state index is -1.19. The zero-order valence-electron chi connectivity index (χ0n) is 22.5. The molecule has 0 unspecified atom stereocenters. The fourth-order valence-corrected chi connectivity index (χ4v) is 5.43. The van der Waals surface area contributed by atoms with E-state index in [2.05, 4.69) is 5.32 Å². The molecule has 3 aromatic rings. The maximum Gasteiger partial charge on any atom is 0.335 e. The monoisotopic (exact) mass is 614 g/mol. The molecule has 9 nitrogen and oxygen atoms in total. The van der Waals surface area contributed by atoms with Crippen molar-refractivity contribution in [1.82, 2.24) is 4.90 Å². The Morgan fingerprint density at radius 3 is 2.24 bits per heavy atom. The van der Waals surface area contributed by atoms with Crippen molar-refractivity contribution in [3.05, 3.63) is 76.2 Å². The number of carbonyl (C=O) groups excluding carboxylic acids is 2. The molecule has 2 amide bonds. The minimum Gasteiger partial charge on any atom is -0.496 e. The van der Waals surface area contributed by atoms with Crippen LogP contribution in [0.5, 0.6) is 17.2 Å². The van der Waals surface area contributed by atoms with E-state index in [1.54, 1.807) is 24.3 Å². The first-order valence-electron chi connectivity index (χ1n) is 12.2. The summed E-state index contributed by atoms with van der Waals surface area (Å²) in [6, 6.07) is 11.1. The van der Waals surface area contributed by atoms with Crippen molar-refractivity contribution in [3.63, 3.8) is 0 Å². The molecule has 1 heterocycles. The molecule has 4 rings (SSSR count). The molecule has 0 bridgehead atoms. The van der Waals surface area contributed by atoms with Crippen molar-refractivity contribution in [3.8, 4) is 28.4 Å². The molecular weight excluding hydrogens is 590 g/mol. The van der Waals surface area contributed by atoms with Gasteiger partial charge in [-0.15, -0.1) is 0 Å². The van der Waals surface area contributed by atoms with Crippen LogP contribution in [0.15, 0.2) is 53.4 Å². The second-order valence-electron chi connectivity index (χ2n) is 8.78. The number of anilines is 1. The van der Waals surface area contributed by atoms with E-state index in [1.807, 2.05) is 0 Å². The van der Waals surface area contributed by atoms with Gasteiger partial charge in [-0.25, -0.2) is 13.6 Å². The van der Waals surface area contributed by atoms with Crippen molar-refractivity contribution in [1.29, 1.82) is 0 Å². The maximum atomic E-state index is 13.9. The van der Waals surface area contributed by atoms with Crippen LogP contribution in [0.2, 0.25) is 0 Å². The van der Waals surface area contributed by atoms with Gasteiger partial charge in [0.05, 0.1) is 31.8 Å². The van der Waals surface area contributed by atoms with Crippen LogP contribution in [0.1, 0.15) is 22.3 Å². The van der Waals surface area contributed by atoms with E-state index in [0.29, 0.717) is 27.3 Å². The second kappa shape index (κ2) is 13.0. The van der Waals surface area contributed by atoms with Crippen LogP contribution >= 0.6 is 24.0 Å². The number of methoxy groups -OCH3 is 3. The molecule has 3 aromatic carbocycles. The van der Waals surface area contributed by atoms with Gasteiger partial charge < -0.3 is 24.6 Å². The number of aromatic carboxylic acids is 1. The molecule has 0 aliphatic carbocycles. The number of nitrogens with zero attached hydrogens (tertiary/aromatic N) is 1. The molecule has 2 N–H and O–H groups in total. The summed E-state index contributed by atoms with van der Waals surface area (Å²) in [7, 11) is 4.11. The van der Waals surface area contributed by atoms with Gasteiger partial charge in [0.15, 0.2) is 11.6 Å². The van der Waals surface area contributed by atoms with Crippen molar-refractivity contribution in [2.45, 2.75) is 6.42 Å². The first-order chi connectivity index (χ1) is 20.1. The van der Waals surface area contributed by atoms with Crippen LogP contribution in [-0.4, -0.2) is 60.0 Å². The van der Waals surface area contributed by atoms with Gasteiger partial charge >= 0.3 is 5.97 Å². The second-order valence-corrected chi connectivity index (χ2v) is 10.5. The average molecular weight is 615 g/mol. The summed E-state index contributed by atoms with van der Waals surface area (Å²) in [6.07, 6.45) is 1.48. The van der Waals surface area contributed by atoms with Crippen molar-refractivity contribution >= 4 is 57.8 Å². The average Bonchev–Trinajstić information content (AvgIpc) is 3.24. The van der Waals surface area contributed by atoms with Gasteiger partial charge in [-0.3, -0.25) is 14.5 Å². The number of carboxylic acids is 1. The van der Waals surface area contributed by atoms with Gasteiger partial charge in [0.2, 0.25) is 5.91 Å². The quantitative estimate of drug-likeness (QED) is 0.223. The number of halogens is 2. The lowest BCUT2D eigenvalue weighted by Gasteiger charge is -2.17. The number of thioether (sulfide) groups is 1. The highest BCUT2D eigenvalue weighted by atomic mass is 32.2. The van der Waals surface area contributed by atoms with E-state index in [4.69, 9.17) is 26.4 Å². The molecule has 1 saturated heterocycles. The van der Waals surface area contributed by atoms with E-state index in [0.717, 1.165) is 23.9 Å². The molecule has 1 aliphatic rings. The lowest BCUT2D eigenvalue weighted by atomic mass is 10.0. The summed E-state index contributed by atoms with van der Waals surface area (Å²) in [5.41, 5.74) is 1.55. The van der Waals surface area contributed by atoms with Gasteiger partial charge in [-0.2, -0.15) is 0 Å². The zero-order chi connectivity index (χ0) is 30.6. The lowest BCUT2D eigenvalue weighted by Crippen LogP contribution is -2.31. The number of hydrogen-bond donors (Lipinski definition) is 2. The number of thiocarbonyl (C=S) groups is 1. The highest BCUT2D eigenvalue weighted by Crippen LogP contribution is 2.38. The Kier molecular flexibility index (Phi) is 9.43. The zero-order valence-corrected chi connectivity index (χ0v) is 24.2. The predicted octanol–water partition coefficient (Wildman–Crippen LogP) is 5.59. The molecular formula is C29H24F2N2O7S2. The maximum absolute atomic E-state index is 13.9. The molecule has 0 radical (unpaired) electrons. The first-order valence-corrected chi connectivity index (χ1v) is 13.5. The van der Waals surface area contributed by atoms with Crippen LogP contribution < -0.4 is 19.5 Å². The summed E-state index contributed by atoms with van der Waals surface area (Å²) in [4.78, 5) is 38.9. The number of benzene rings is 3. The third-order valence-corrected chi connectivity index (χ3v) is 7.58. The first kappa shape index (κ1) is 30.5. The number of carboxylic acid groups (broad SMARTS) is 1. The van der Waals surface area contributed by atoms with E-state index in [9.17, 15) is 28.3 Å². The SMILES string of the molecule is COc1ccc(C=C2SC(=S)N(CCC(=O)Nc3c(OC)cc(C(=O)O)cc3OC)C2=O)cc1-c1ccc(F)c(F)c1. The van der Waals surface area contributed by atoms with Gasteiger partial charge in [0, 0.05) is 18.5 Å². The topological polar surface area (TPSA) is 114 Å². The number of nitrogens with one attached hydrogen (secondary N) is 1. The fraction of sp³-hybridized carbons (Fsp3) is 0.172. The number of carbonyl (C=O) groups is 3. The molecule has 0 saturated carbocycles. The van der Waals surface area contributed by atoms with Crippen molar-refractivity contribution in [2.24, 2.45) is 0 Å². The Morgan fingerprint density at radius 1 is 0.976 bits per heavy atom. The van der Waals surface area contributed by atoms with Crippen LogP contribution in [0.4, 0.5) is 14.5 Å². The van der Waals surface area contributed by atoms with Crippen LogP contribution in [-0.2, 0) is 9.59 Å². The Labute approximate surface area is 249 Å². The number of rotatable bonds is 10. The van der Waals surface area contributed by atoms with E-state index in [1.165, 1.54) is 44.4 Å². The van der Waals surface area contributed by atoms with E-state index in [-0.39, 0.29) is 40.0 Å².